The Kier molecular flexibility index (Phi) is 4.11. The molecule has 94 valence electrons. The first-order chi connectivity index (χ1) is 7.93. The third-order valence-electron chi connectivity index (χ3n) is 2.39. The molecule has 0 fully saturated rings. The van der Waals surface area contributed by atoms with Crippen molar-refractivity contribution in [3.05, 3.63) is 24.3 Å². The third kappa shape index (κ3) is 2.76. The van der Waals surface area contributed by atoms with E-state index in [4.69, 9.17) is 9.84 Å². The fraction of sp³-hybridized carbons (Fsp3) is 0.364. The molecule has 0 radical (unpaired) electrons. The van der Waals surface area contributed by atoms with Gasteiger partial charge in [0.1, 0.15) is 5.75 Å². The van der Waals surface area contributed by atoms with E-state index in [2.05, 4.69) is 0 Å². The van der Waals surface area contributed by atoms with Crippen LogP contribution in [0.3, 0.4) is 0 Å². The SMILES string of the molecule is CCC(C(=O)O)S(=O)(=O)c1cccc(OC)c1. The van der Waals surface area contributed by atoms with Gasteiger partial charge >= 0.3 is 5.97 Å². The summed E-state index contributed by atoms with van der Waals surface area (Å²) in [4.78, 5) is 10.9. The van der Waals surface area contributed by atoms with Crippen molar-refractivity contribution in [3.8, 4) is 5.75 Å². The summed E-state index contributed by atoms with van der Waals surface area (Å²) in [6.45, 7) is 1.52. The van der Waals surface area contributed by atoms with Gasteiger partial charge in [-0.3, -0.25) is 4.79 Å². The van der Waals surface area contributed by atoms with Crippen LogP contribution < -0.4 is 4.74 Å². The van der Waals surface area contributed by atoms with Crippen molar-refractivity contribution in [2.45, 2.75) is 23.5 Å². The Hall–Kier alpha value is -1.56. The molecule has 0 aliphatic heterocycles. The van der Waals surface area contributed by atoms with Crippen molar-refractivity contribution < 1.29 is 23.1 Å². The molecule has 0 aliphatic carbocycles. The summed E-state index contributed by atoms with van der Waals surface area (Å²) in [5.74, 6) is -0.957. The number of aliphatic carboxylic acids is 1. The molecule has 0 amide bonds. The fourth-order valence-electron chi connectivity index (χ4n) is 1.47. The molecule has 1 rings (SSSR count). The summed E-state index contributed by atoms with van der Waals surface area (Å²) in [5.41, 5.74) is 0. The minimum atomic E-state index is -3.86. The van der Waals surface area contributed by atoms with E-state index in [0.29, 0.717) is 5.75 Å². The zero-order valence-corrected chi connectivity index (χ0v) is 10.4. The number of ether oxygens (including phenoxy) is 1. The van der Waals surface area contributed by atoms with Crippen LogP contribution in [0.25, 0.3) is 0 Å². The highest BCUT2D eigenvalue weighted by Gasteiger charge is 2.32. The predicted octanol–water partition coefficient (Wildman–Crippen LogP) is 1.33. The molecular weight excluding hydrogens is 244 g/mol. The van der Waals surface area contributed by atoms with E-state index in [9.17, 15) is 13.2 Å². The molecular formula is C11H14O5S. The number of carbonyl (C=O) groups is 1. The lowest BCUT2D eigenvalue weighted by Gasteiger charge is -2.12. The van der Waals surface area contributed by atoms with Crippen LogP contribution in [0.4, 0.5) is 0 Å². The summed E-state index contributed by atoms with van der Waals surface area (Å²) in [7, 11) is -2.45. The molecule has 0 aromatic heterocycles. The van der Waals surface area contributed by atoms with Crippen molar-refractivity contribution in [1.82, 2.24) is 0 Å². The highest BCUT2D eigenvalue weighted by atomic mass is 32.2. The first-order valence-electron chi connectivity index (χ1n) is 5.04. The first kappa shape index (κ1) is 13.5. The van der Waals surface area contributed by atoms with Gasteiger partial charge in [-0.2, -0.15) is 0 Å². The van der Waals surface area contributed by atoms with Crippen LogP contribution in [0, 0.1) is 0 Å². The second-order valence-electron chi connectivity index (χ2n) is 3.46. The van der Waals surface area contributed by atoms with Gasteiger partial charge in [0.2, 0.25) is 0 Å². The van der Waals surface area contributed by atoms with Crippen LogP contribution in [0.2, 0.25) is 0 Å². The van der Waals surface area contributed by atoms with Gasteiger partial charge in [-0.15, -0.1) is 0 Å². The molecule has 0 heterocycles. The molecule has 0 saturated heterocycles. The standard InChI is InChI=1S/C11H14O5S/c1-3-10(11(12)13)17(14,15)9-6-4-5-8(7-9)16-2/h4-7,10H,3H2,1-2H3,(H,12,13). The maximum absolute atomic E-state index is 12.0. The van der Waals surface area contributed by atoms with Crippen molar-refractivity contribution in [2.75, 3.05) is 7.11 Å². The monoisotopic (exact) mass is 258 g/mol. The lowest BCUT2D eigenvalue weighted by atomic mass is 10.3. The van der Waals surface area contributed by atoms with Crippen LogP contribution in [0.1, 0.15) is 13.3 Å². The van der Waals surface area contributed by atoms with E-state index in [1.807, 2.05) is 0 Å². The Morgan fingerprint density at radius 2 is 2.12 bits per heavy atom. The molecule has 1 N–H and O–H groups in total. The van der Waals surface area contributed by atoms with Gasteiger partial charge < -0.3 is 9.84 Å². The topological polar surface area (TPSA) is 80.7 Å². The zero-order chi connectivity index (χ0) is 13.1. The predicted molar refractivity (Wildman–Crippen MR) is 61.9 cm³/mol. The number of carboxylic acids is 1. The molecule has 5 nitrogen and oxygen atoms in total. The number of methoxy groups -OCH3 is 1. The Labute approximate surface area is 100.0 Å². The van der Waals surface area contributed by atoms with Crippen LogP contribution in [0.5, 0.6) is 5.75 Å². The second kappa shape index (κ2) is 5.18. The molecule has 1 aromatic rings. The summed E-state index contributed by atoms with van der Waals surface area (Å²) in [6, 6.07) is 5.80. The van der Waals surface area contributed by atoms with Gasteiger partial charge in [0, 0.05) is 0 Å². The highest BCUT2D eigenvalue weighted by molar-refractivity contribution is 7.92. The summed E-state index contributed by atoms with van der Waals surface area (Å²) >= 11 is 0. The fourth-order valence-corrected chi connectivity index (χ4v) is 3.05. The van der Waals surface area contributed by atoms with Crippen molar-refractivity contribution in [2.24, 2.45) is 0 Å². The normalized spacial score (nSPS) is 13.1. The van der Waals surface area contributed by atoms with E-state index in [1.54, 1.807) is 6.07 Å². The number of sulfone groups is 1. The van der Waals surface area contributed by atoms with Crippen molar-refractivity contribution in [3.63, 3.8) is 0 Å². The first-order valence-corrected chi connectivity index (χ1v) is 6.58. The Morgan fingerprint density at radius 1 is 1.47 bits per heavy atom. The minimum absolute atomic E-state index is 0.0227. The molecule has 6 heteroatoms. The van der Waals surface area contributed by atoms with Gasteiger partial charge in [0.05, 0.1) is 12.0 Å². The van der Waals surface area contributed by atoms with E-state index in [1.165, 1.54) is 32.2 Å². The summed E-state index contributed by atoms with van der Waals surface area (Å²) in [5, 5.41) is 7.46. The number of hydrogen-bond donors (Lipinski definition) is 1. The van der Waals surface area contributed by atoms with Crippen molar-refractivity contribution in [1.29, 1.82) is 0 Å². The van der Waals surface area contributed by atoms with E-state index in [-0.39, 0.29) is 11.3 Å². The molecule has 0 aliphatic rings. The van der Waals surface area contributed by atoms with Gasteiger partial charge in [-0.25, -0.2) is 8.42 Å². The molecule has 1 aromatic carbocycles. The van der Waals surface area contributed by atoms with Crippen molar-refractivity contribution >= 4 is 15.8 Å². The van der Waals surface area contributed by atoms with E-state index >= 15 is 0 Å². The number of benzene rings is 1. The Balaban J connectivity index is 3.25. The van der Waals surface area contributed by atoms with Crippen LogP contribution in [0.15, 0.2) is 29.2 Å². The Bertz CT molecular complexity index is 506. The van der Waals surface area contributed by atoms with E-state index < -0.39 is 21.1 Å². The smallest absolute Gasteiger partial charge is 0.322 e. The second-order valence-corrected chi connectivity index (χ2v) is 5.59. The quantitative estimate of drug-likeness (QED) is 0.861. The maximum atomic E-state index is 12.0. The molecule has 1 unspecified atom stereocenters. The van der Waals surface area contributed by atoms with Gasteiger partial charge in [-0.05, 0) is 24.6 Å². The maximum Gasteiger partial charge on any atom is 0.322 e. The molecule has 0 spiro atoms. The largest absolute Gasteiger partial charge is 0.497 e. The molecule has 17 heavy (non-hydrogen) atoms. The minimum Gasteiger partial charge on any atom is -0.497 e. The highest BCUT2D eigenvalue weighted by Crippen LogP contribution is 2.22. The number of rotatable bonds is 5. The molecule has 1 atom stereocenters. The average Bonchev–Trinajstić information content (AvgIpc) is 2.29. The summed E-state index contributed by atoms with van der Waals surface area (Å²) in [6.07, 6.45) is 0.0227. The summed E-state index contributed by atoms with van der Waals surface area (Å²) < 4.78 is 29.0. The molecule has 0 bridgehead atoms. The number of carboxylic acid groups (broad SMARTS) is 1. The molecule has 0 saturated carbocycles. The lowest BCUT2D eigenvalue weighted by molar-refractivity contribution is -0.136. The number of hydrogen-bond acceptors (Lipinski definition) is 4. The Morgan fingerprint density at radius 3 is 2.59 bits per heavy atom. The van der Waals surface area contributed by atoms with Gasteiger partial charge in [-0.1, -0.05) is 13.0 Å². The zero-order valence-electron chi connectivity index (χ0n) is 9.58. The van der Waals surface area contributed by atoms with Gasteiger partial charge in [0.15, 0.2) is 15.1 Å². The lowest BCUT2D eigenvalue weighted by Crippen LogP contribution is -2.29. The van der Waals surface area contributed by atoms with Crippen LogP contribution in [-0.2, 0) is 14.6 Å². The van der Waals surface area contributed by atoms with E-state index in [0.717, 1.165) is 0 Å². The van der Waals surface area contributed by atoms with Crippen LogP contribution in [-0.4, -0.2) is 31.9 Å². The average molecular weight is 258 g/mol. The van der Waals surface area contributed by atoms with Gasteiger partial charge in [0.25, 0.3) is 0 Å². The third-order valence-corrected chi connectivity index (χ3v) is 4.59. The van der Waals surface area contributed by atoms with Crippen LogP contribution >= 0.6 is 0 Å².